The summed E-state index contributed by atoms with van der Waals surface area (Å²) in [7, 11) is -3.15. The lowest BCUT2D eigenvalue weighted by Crippen LogP contribution is -2.27. The largest absolute Gasteiger partial charge is 0.339 e. The van der Waals surface area contributed by atoms with Crippen LogP contribution >= 0.6 is 0 Å². The van der Waals surface area contributed by atoms with Gasteiger partial charge in [0.2, 0.25) is 21.7 Å². The number of nitrogens with zero attached hydrogens (tertiary/aromatic N) is 3. The van der Waals surface area contributed by atoms with Gasteiger partial charge in [-0.3, -0.25) is 0 Å². The number of rotatable bonds is 3. The van der Waals surface area contributed by atoms with Crippen LogP contribution in [-0.2, 0) is 10.0 Å². The molecule has 1 saturated heterocycles. The summed E-state index contributed by atoms with van der Waals surface area (Å²) in [5, 5.41) is 3.96. The van der Waals surface area contributed by atoms with E-state index in [2.05, 4.69) is 10.1 Å². The van der Waals surface area contributed by atoms with Crippen LogP contribution in [0.1, 0.15) is 18.2 Å². The highest BCUT2D eigenvalue weighted by Crippen LogP contribution is 2.28. The van der Waals surface area contributed by atoms with Crippen LogP contribution < -0.4 is 0 Å². The summed E-state index contributed by atoms with van der Waals surface area (Å²) < 4.78 is 29.7. The van der Waals surface area contributed by atoms with E-state index in [4.69, 9.17) is 4.52 Å². The van der Waals surface area contributed by atoms with E-state index < -0.39 is 10.0 Å². The van der Waals surface area contributed by atoms with Crippen molar-refractivity contribution < 1.29 is 12.9 Å². The Balaban J connectivity index is 1.79. The first kappa shape index (κ1) is 13.3. The molecule has 1 aliphatic rings. The first-order valence-electron chi connectivity index (χ1n) is 6.38. The average Bonchev–Trinajstić information content (AvgIpc) is 3.08. The van der Waals surface area contributed by atoms with Gasteiger partial charge in [-0.1, -0.05) is 35.5 Å². The van der Waals surface area contributed by atoms with Crippen molar-refractivity contribution in [1.29, 1.82) is 0 Å². The van der Waals surface area contributed by atoms with Gasteiger partial charge in [-0.2, -0.15) is 4.98 Å². The molecular formula is C13H15N3O3S. The minimum atomic E-state index is -3.15. The van der Waals surface area contributed by atoms with Crippen LogP contribution in [0.25, 0.3) is 11.4 Å². The van der Waals surface area contributed by atoms with Crippen LogP contribution in [0.15, 0.2) is 34.9 Å². The van der Waals surface area contributed by atoms with Gasteiger partial charge in [0, 0.05) is 18.7 Å². The summed E-state index contributed by atoms with van der Waals surface area (Å²) in [4.78, 5) is 4.38. The maximum absolute atomic E-state index is 11.5. The van der Waals surface area contributed by atoms with E-state index >= 15 is 0 Å². The number of hydrogen-bond donors (Lipinski definition) is 0. The predicted octanol–water partition coefficient (Wildman–Crippen LogP) is 1.49. The Labute approximate surface area is 117 Å². The van der Waals surface area contributed by atoms with E-state index in [-0.39, 0.29) is 5.92 Å². The van der Waals surface area contributed by atoms with Crippen molar-refractivity contribution in [2.45, 2.75) is 12.3 Å². The fourth-order valence-corrected chi connectivity index (χ4v) is 3.22. The molecular weight excluding hydrogens is 278 g/mol. The first-order chi connectivity index (χ1) is 9.54. The molecule has 1 aliphatic heterocycles. The SMILES string of the molecule is CS(=O)(=O)N1CCC(c2nc(-c3ccccc3)no2)C1. The number of hydrogen-bond acceptors (Lipinski definition) is 5. The quantitative estimate of drug-likeness (QED) is 0.857. The van der Waals surface area contributed by atoms with Gasteiger partial charge >= 0.3 is 0 Å². The zero-order valence-corrected chi connectivity index (χ0v) is 11.9. The maximum atomic E-state index is 11.5. The fourth-order valence-electron chi connectivity index (χ4n) is 2.34. The summed E-state index contributed by atoms with van der Waals surface area (Å²) in [6, 6.07) is 9.56. The van der Waals surface area contributed by atoms with Crippen molar-refractivity contribution in [3.05, 3.63) is 36.2 Å². The molecule has 0 bridgehead atoms. The lowest BCUT2D eigenvalue weighted by Gasteiger charge is -2.11. The van der Waals surface area contributed by atoms with E-state index in [1.807, 2.05) is 30.3 Å². The lowest BCUT2D eigenvalue weighted by atomic mass is 10.1. The van der Waals surface area contributed by atoms with Gasteiger partial charge in [0.1, 0.15) is 0 Å². The van der Waals surface area contributed by atoms with Crippen LogP contribution in [0.2, 0.25) is 0 Å². The summed E-state index contributed by atoms with van der Waals surface area (Å²) in [6.07, 6.45) is 1.93. The highest BCUT2D eigenvalue weighted by atomic mass is 32.2. The molecule has 1 atom stereocenters. The molecule has 0 aliphatic carbocycles. The Morgan fingerprint density at radius 1 is 1.30 bits per heavy atom. The van der Waals surface area contributed by atoms with Crippen LogP contribution in [0.5, 0.6) is 0 Å². The van der Waals surface area contributed by atoms with E-state index in [1.165, 1.54) is 10.6 Å². The van der Waals surface area contributed by atoms with Crippen molar-refractivity contribution in [3.63, 3.8) is 0 Å². The van der Waals surface area contributed by atoms with Gasteiger partial charge in [-0.25, -0.2) is 12.7 Å². The highest BCUT2D eigenvalue weighted by molar-refractivity contribution is 7.88. The molecule has 2 aromatic rings. The van der Waals surface area contributed by atoms with Crippen LogP contribution in [0, 0.1) is 0 Å². The standard InChI is InChI=1S/C13H15N3O3S/c1-20(17,18)16-8-7-11(9-16)13-14-12(15-19-13)10-5-3-2-4-6-10/h2-6,11H,7-9H2,1H3. The second-order valence-corrected chi connectivity index (χ2v) is 6.91. The van der Waals surface area contributed by atoms with Crippen molar-refractivity contribution in [2.24, 2.45) is 0 Å². The Morgan fingerprint density at radius 3 is 2.70 bits per heavy atom. The van der Waals surface area contributed by atoms with Crippen molar-refractivity contribution >= 4 is 10.0 Å². The molecule has 0 radical (unpaired) electrons. The van der Waals surface area contributed by atoms with Gasteiger partial charge in [0.05, 0.1) is 12.2 Å². The van der Waals surface area contributed by atoms with Crippen LogP contribution in [-0.4, -0.2) is 42.2 Å². The predicted molar refractivity (Wildman–Crippen MR) is 73.5 cm³/mol. The van der Waals surface area contributed by atoms with Crippen LogP contribution in [0.4, 0.5) is 0 Å². The van der Waals surface area contributed by atoms with Gasteiger partial charge in [0.15, 0.2) is 0 Å². The third kappa shape index (κ3) is 2.59. The highest BCUT2D eigenvalue weighted by Gasteiger charge is 2.32. The topological polar surface area (TPSA) is 76.3 Å². The number of sulfonamides is 1. The summed E-state index contributed by atoms with van der Waals surface area (Å²) in [5.74, 6) is 1.03. The molecule has 0 amide bonds. The molecule has 1 aromatic heterocycles. The Kier molecular flexibility index (Phi) is 3.31. The second kappa shape index (κ2) is 4.99. The van der Waals surface area contributed by atoms with E-state index in [0.717, 1.165) is 5.56 Å². The summed E-state index contributed by atoms with van der Waals surface area (Å²) in [5.41, 5.74) is 0.889. The molecule has 6 nitrogen and oxygen atoms in total. The number of benzene rings is 1. The maximum Gasteiger partial charge on any atom is 0.231 e. The van der Waals surface area contributed by atoms with Gasteiger partial charge < -0.3 is 4.52 Å². The summed E-state index contributed by atoms with van der Waals surface area (Å²) in [6.45, 7) is 0.918. The monoisotopic (exact) mass is 293 g/mol. The van der Waals surface area contributed by atoms with Gasteiger partial charge in [-0.15, -0.1) is 0 Å². The molecule has 2 heterocycles. The van der Waals surface area contributed by atoms with Crippen molar-refractivity contribution in [2.75, 3.05) is 19.3 Å². The lowest BCUT2D eigenvalue weighted by molar-refractivity contribution is 0.354. The molecule has 20 heavy (non-hydrogen) atoms. The van der Waals surface area contributed by atoms with Crippen molar-refractivity contribution in [1.82, 2.24) is 14.4 Å². The molecule has 1 unspecified atom stereocenters. The molecule has 0 spiro atoms. The van der Waals surface area contributed by atoms with Crippen molar-refractivity contribution in [3.8, 4) is 11.4 Å². The van der Waals surface area contributed by atoms with Crippen LogP contribution in [0.3, 0.4) is 0 Å². The smallest absolute Gasteiger partial charge is 0.231 e. The van der Waals surface area contributed by atoms with Gasteiger partial charge in [0.25, 0.3) is 0 Å². The molecule has 1 fully saturated rings. The molecule has 106 valence electrons. The Bertz CT molecular complexity index is 697. The second-order valence-electron chi connectivity index (χ2n) is 4.93. The molecule has 1 aromatic carbocycles. The third-order valence-electron chi connectivity index (χ3n) is 3.44. The summed E-state index contributed by atoms with van der Waals surface area (Å²) >= 11 is 0. The van der Waals surface area contributed by atoms with E-state index in [9.17, 15) is 8.42 Å². The fraction of sp³-hybridized carbons (Fsp3) is 0.385. The third-order valence-corrected chi connectivity index (χ3v) is 4.71. The Morgan fingerprint density at radius 2 is 2.05 bits per heavy atom. The van der Waals surface area contributed by atoms with Gasteiger partial charge in [-0.05, 0) is 6.42 Å². The van der Waals surface area contributed by atoms with E-state index in [1.54, 1.807) is 0 Å². The molecule has 0 N–H and O–H groups in total. The molecule has 7 heteroatoms. The van der Waals surface area contributed by atoms with E-state index in [0.29, 0.717) is 31.2 Å². The zero-order valence-electron chi connectivity index (χ0n) is 11.1. The average molecular weight is 293 g/mol. The normalized spacial score (nSPS) is 20.4. The first-order valence-corrected chi connectivity index (χ1v) is 8.23. The minimum absolute atomic E-state index is 0.0188. The minimum Gasteiger partial charge on any atom is -0.339 e. The number of aromatic nitrogens is 2. The molecule has 0 saturated carbocycles. The zero-order chi connectivity index (χ0) is 14.2. The molecule has 3 rings (SSSR count). The Hall–Kier alpha value is -1.73.